The molecular weight excluding hydrogens is 337 g/mol. The summed E-state index contributed by atoms with van der Waals surface area (Å²) < 4.78 is 13.3. The maximum atomic E-state index is 13.3. The van der Waals surface area contributed by atoms with E-state index in [0.29, 0.717) is 6.42 Å². The van der Waals surface area contributed by atoms with Crippen molar-refractivity contribution in [1.82, 2.24) is 14.8 Å². The number of aryl methyl sites for hydroxylation is 2. The van der Waals surface area contributed by atoms with Crippen LogP contribution in [0.2, 0.25) is 0 Å². The van der Waals surface area contributed by atoms with E-state index < -0.39 is 0 Å². The summed E-state index contributed by atoms with van der Waals surface area (Å²) in [6.07, 6.45) is 1.39. The van der Waals surface area contributed by atoms with Gasteiger partial charge in [0.2, 0.25) is 5.91 Å². The van der Waals surface area contributed by atoms with Crippen LogP contribution < -0.4 is 0 Å². The van der Waals surface area contributed by atoms with E-state index in [9.17, 15) is 9.18 Å². The number of thiazole rings is 1. The van der Waals surface area contributed by atoms with Gasteiger partial charge in [0.25, 0.3) is 0 Å². The number of aromatic nitrogens is 1. The second-order valence-corrected chi connectivity index (χ2v) is 7.85. The lowest BCUT2D eigenvalue weighted by molar-refractivity contribution is -0.130. The number of halogens is 1. The predicted molar refractivity (Wildman–Crippen MR) is 98.2 cm³/mol. The van der Waals surface area contributed by atoms with Gasteiger partial charge in [-0.3, -0.25) is 9.69 Å². The molecule has 134 valence electrons. The van der Waals surface area contributed by atoms with Gasteiger partial charge in [-0.2, -0.15) is 0 Å². The highest BCUT2D eigenvalue weighted by Crippen LogP contribution is 2.19. The molecule has 0 saturated carbocycles. The summed E-state index contributed by atoms with van der Waals surface area (Å²) in [5, 5.41) is 1.01. The Morgan fingerprint density at radius 2 is 2.08 bits per heavy atom. The highest BCUT2D eigenvalue weighted by Gasteiger charge is 2.21. The average molecular weight is 361 g/mol. The molecule has 3 rings (SSSR count). The van der Waals surface area contributed by atoms with Gasteiger partial charge in [0, 0.05) is 37.6 Å². The quantitative estimate of drug-likeness (QED) is 0.839. The van der Waals surface area contributed by atoms with Gasteiger partial charge in [0.1, 0.15) is 5.82 Å². The molecule has 6 heteroatoms. The van der Waals surface area contributed by atoms with Crippen molar-refractivity contribution in [3.8, 4) is 0 Å². The second-order valence-electron chi connectivity index (χ2n) is 6.56. The fourth-order valence-electron chi connectivity index (χ4n) is 3.26. The molecule has 1 fully saturated rings. The first-order chi connectivity index (χ1) is 12.0. The molecule has 2 heterocycles. The van der Waals surface area contributed by atoms with Crippen molar-refractivity contribution in [2.24, 2.45) is 0 Å². The fraction of sp³-hybridized carbons (Fsp3) is 0.474. The molecular formula is C19H24FN3OS. The van der Waals surface area contributed by atoms with Crippen LogP contribution in [0.5, 0.6) is 0 Å². The molecule has 4 nitrogen and oxygen atoms in total. The summed E-state index contributed by atoms with van der Waals surface area (Å²) in [5.41, 5.74) is 1.95. The third kappa shape index (κ3) is 4.86. The van der Waals surface area contributed by atoms with Crippen molar-refractivity contribution in [2.75, 3.05) is 26.2 Å². The van der Waals surface area contributed by atoms with E-state index in [-0.39, 0.29) is 11.7 Å². The third-order valence-electron chi connectivity index (χ3n) is 4.55. The fourth-order valence-corrected chi connectivity index (χ4v) is 4.19. The Bertz CT molecular complexity index is 746. The average Bonchev–Trinajstić information content (AvgIpc) is 2.74. The first kappa shape index (κ1) is 18.0. The van der Waals surface area contributed by atoms with E-state index >= 15 is 0 Å². The lowest BCUT2D eigenvalue weighted by Crippen LogP contribution is -2.36. The summed E-state index contributed by atoms with van der Waals surface area (Å²) in [6.45, 7) is 7.94. The molecule has 2 aromatic rings. The number of carbonyl (C=O) groups is 1. The SMILES string of the molecule is Cc1nc(C)c(CC(=O)N2CCCN(Cc3cccc(F)c3)CC2)s1. The van der Waals surface area contributed by atoms with Crippen LogP contribution in [0.1, 0.15) is 27.6 Å². The minimum Gasteiger partial charge on any atom is -0.341 e. The Hall–Kier alpha value is -1.79. The Morgan fingerprint density at radius 1 is 1.24 bits per heavy atom. The van der Waals surface area contributed by atoms with Crippen molar-refractivity contribution in [1.29, 1.82) is 0 Å². The van der Waals surface area contributed by atoms with Crippen LogP contribution in [0.3, 0.4) is 0 Å². The molecule has 1 aromatic carbocycles. The van der Waals surface area contributed by atoms with E-state index in [1.165, 1.54) is 6.07 Å². The maximum Gasteiger partial charge on any atom is 0.227 e. The molecule has 0 aliphatic carbocycles. The topological polar surface area (TPSA) is 36.4 Å². The van der Waals surface area contributed by atoms with Crippen molar-refractivity contribution < 1.29 is 9.18 Å². The zero-order valence-corrected chi connectivity index (χ0v) is 15.6. The summed E-state index contributed by atoms with van der Waals surface area (Å²) in [6, 6.07) is 6.75. The molecule has 0 bridgehead atoms. The maximum absolute atomic E-state index is 13.3. The van der Waals surface area contributed by atoms with Gasteiger partial charge in [-0.05, 0) is 38.0 Å². The second kappa shape index (κ2) is 8.06. The van der Waals surface area contributed by atoms with E-state index in [4.69, 9.17) is 0 Å². The summed E-state index contributed by atoms with van der Waals surface area (Å²) in [4.78, 5) is 22.4. The van der Waals surface area contributed by atoms with Crippen LogP contribution in [0.4, 0.5) is 4.39 Å². The standard InChI is InChI=1S/C19H24FN3OS/c1-14-18(25-15(2)21-14)12-19(24)23-8-4-7-22(9-10-23)13-16-5-3-6-17(20)11-16/h3,5-6,11H,4,7-10,12-13H2,1-2H3. The monoisotopic (exact) mass is 361 g/mol. The smallest absolute Gasteiger partial charge is 0.227 e. The number of amides is 1. The van der Waals surface area contributed by atoms with Gasteiger partial charge in [-0.15, -0.1) is 11.3 Å². The number of hydrogen-bond donors (Lipinski definition) is 0. The Labute approximate surface area is 152 Å². The van der Waals surface area contributed by atoms with Crippen LogP contribution in [0.25, 0.3) is 0 Å². The first-order valence-electron chi connectivity index (χ1n) is 8.69. The van der Waals surface area contributed by atoms with E-state index in [1.807, 2.05) is 24.8 Å². The molecule has 0 radical (unpaired) electrons. The van der Waals surface area contributed by atoms with Gasteiger partial charge in [-0.25, -0.2) is 9.37 Å². The lowest BCUT2D eigenvalue weighted by Gasteiger charge is -2.22. The Morgan fingerprint density at radius 3 is 2.80 bits per heavy atom. The summed E-state index contributed by atoms with van der Waals surface area (Å²) in [7, 11) is 0. The molecule has 1 amide bonds. The third-order valence-corrected chi connectivity index (χ3v) is 5.62. The van der Waals surface area contributed by atoms with Crippen molar-refractivity contribution >= 4 is 17.2 Å². The Balaban J connectivity index is 1.55. The van der Waals surface area contributed by atoms with Crippen LogP contribution in [0, 0.1) is 19.7 Å². The van der Waals surface area contributed by atoms with Crippen LogP contribution >= 0.6 is 11.3 Å². The highest BCUT2D eigenvalue weighted by atomic mass is 32.1. The number of hydrogen-bond acceptors (Lipinski definition) is 4. The normalized spacial score (nSPS) is 16.0. The van der Waals surface area contributed by atoms with Gasteiger partial charge >= 0.3 is 0 Å². The highest BCUT2D eigenvalue weighted by molar-refractivity contribution is 7.11. The summed E-state index contributed by atoms with van der Waals surface area (Å²) in [5.74, 6) is -0.0151. The van der Waals surface area contributed by atoms with E-state index in [1.54, 1.807) is 23.5 Å². The minimum absolute atomic E-state index is 0.180. The van der Waals surface area contributed by atoms with E-state index in [2.05, 4.69) is 9.88 Å². The molecule has 1 aliphatic rings. The number of rotatable bonds is 4. The molecule has 0 unspecified atom stereocenters. The first-order valence-corrected chi connectivity index (χ1v) is 9.50. The van der Waals surface area contributed by atoms with Crippen LogP contribution in [-0.2, 0) is 17.8 Å². The molecule has 25 heavy (non-hydrogen) atoms. The van der Waals surface area contributed by atoms with Crippen LogP contribution in [-0.4, -0.2) is 46.9 Å². The Kier molecular flexibility index (Phi) is 5.81. The molecule has 0 N–H and O–H groups in total. The largest absolute Gasteiger partial charge is 0.341 e. The molecule has 0 atom stereocenters. The van der Waals surface area contributed by atoms with Gasteiger partial charge < -0.3 is 4.90 Å². The van der Waals surface area contributed by atoms with Gasteiger partial charge in [0.15, 0.2) is 0 Å². The van der Waals surface area contributed by atoms with Gasteiger partial charge in [0.05, 0.1) is 17.1 Å². The molecule has 1 saturated heterocycles. The lowest BCUT2D eigenvalue weighted by atomic mass is 10.2. The number of nitrogens with zero attached hydrogens (tertiary/aromatic N) is 3. The van der Waals surface area contributed by atoms with Crippen molar-refractivity contribution in [3.63, 3.8) is 0 Å². The van der Waals surface area contributed by atoms with Crippen LogP contribution in [0.15, 0.2) is 24.3 Å². The summed E-state index contributed by atoms with van der Waals surface area (Å²) >= 11 is 1.61. The van der Waals surface area contributed by atoms with Crippen molar-refractivity contribution in [3.05, 3.63) is 51.2 Å². The van der Waals surface area contributed by atoms with E-state index in [0.717, 1.165) is 60.3 Å². The molecule has 1 aromatic heterocycles. The zero-order chi connectivity index (χ0) is 17.8. The van der Waals surface area contributed by atoms with Crippen molar-refractivity contribution in [2.45, 2.75) is 33.2 Å². The zero-order valence-electron chi connectivity index (χ0n) is 14.8. The minimum atomic E-state index is -0.195. The predicted octanol–water partition coefficient (Wildman–Crippen LogP) is 3.18. The number of benzene rings is 1. The molecule has 0 spiro atoms. The van der Waals surface area contributed by atoms with Gasteiger partial charge in [-0.1, -0.05) is 12.1 Å². The molecule has 1 aliphatic heterocycles. The number of carbonyl (C=O) groups excluding carboxylic acids is 1.